The number of hydrogen-bond donors (Lipinski definition) is 2. The number of hydrogen-bond acceptors (Lipinski definition) is 3. The molecule has 0 fully saturated rings. The summed E-state index contributed by atoms with van der Waals surface area (Å²) in [5.74, 6) is 0.482. The summed E-state index contributed by atoms with van der Waals surface area (Å²) in [5.41, 5.74) is 0.881. The minimum atomic E-state index is -0.522. The highest BCUT2D eigenvalue weighted by Gasteiger charge is 2.05. The molecule has 0 bridgehead atoms. The summed E-state index contributed by atoms with van der Waals surface area (Å²) in [4.78, 5) is 0. The van der Waals surface area contributed by atoms with Gasteiger partial charge in [0.05, 0.1) is 17.7 Å². The van der Waals surface area contributed by atoms with E-state index in [2.05, 4.69) is 35.1 Å². The normalized spacial score (nSPS) is 12.8. The van der Waals surface area contributed by atoms with Crippen molar-refractivity contribution in [1.29, 1.82) is 0 Å². The average Bonchev–Trinajstić information content (AvgIpc) is 2.30. The predicted octanol–water partition coefficient (Wildman–Crippen LogP) is 3.55. The molecule has 0 amide bonds. The molecule has 102 valence electrons. The molecule has 0 saturated heterocycles. The van der Waals surface area contributed by atoms with E-state index in [0.717, 1.165) is 10.2 Å². The fraction of sp³-hybridized carbons (Fsp3) is 0.538. The molecule has 3 nitrogen and oxygen atoms in total. The summed E-state index contributed by atoms with van der Waals surface area (Å²) in [6.07, 6.45) is -0.522. The molecule has 5 heteroatoms. The number of halogens is 2. The standard InChI is InChI=1S/C13H19BrClNO2/c1-9(2)7-18-8-11(17)6-16-10-3-4-12(14)13(15)5-10/h3-5,9,11,16-17H,6-8H2,1-2H3. The van der Waals surface area contributed by atoms with Gasteiger partial charge in [-0.15, -0.1) is 0 Å². The van der Waals surface area contributed by atoms with E-state index in [1.54, 1.807) is 0 Å². The minimum absolute atomic E-state index is 0.343. The molecular formula is C13H19BrClNO2. The Morgan fingerprint density at radius 3 is 2.72 bits per heavy atom. The van der Waals surface area contributed by atoms with Gasteiger partial charge in [-0.2, -0.15) is 0 Å². The van der Waals surface area contributed by atoms with Crippen molar-refractivity contribution in [3.8, 4) is 0 Å². The third-order valence-electron chi connectivity index (χ3n) is 2.22. The predicted molar refractivity (Wildman–Crippen MR) is 79.3 cm³/mol. The van der Waals surface area contributed by atoms with Gasteiger partial charge < -0.3 is 15.2 Å². The molecule has 0 radical (unpaired) electrons. The van der Waals surface area contributed by atoms with Gasteiger partial charge in [-0.25, -0.2) is 0 Å². The Kier molecular flexibility index (Phi) is 7.00. The summed E-state index contributed by atoms with van der Waals surface area (Å²) < 4.78 is 6.22. The molecule has 0 heterocycles. The molecule has 0 aliphatic heterocycles. The van der Waals surface area contributed by atoms with Crippen molar-refractivity contribution in [3.05, 3.63) is 27.7 Å². The zero-order chi connectivity index (χ0) is 13.5. The van der Waals surface area contributed by atoms with E-state index >= 15 is 0 Å². The monoisotopic (exact) mass is 335 g/mol. The number of rotatable bonds is 7. The lowest BCUT2D eigenvalue weighted by Crippen LogP contribution is -2.25. The molecule has 18 heavy (non-hydrogen) atoms. The molecule has 0 aliphatic carbocycles. The highest BCUT2D eigenvalue weighted by Crippen LogP contribution is 2.25. The van der Waals surface area contributed by atoms with E-state index in [-0.39, 0.29) is 0 Å². The summed E-state index contributed by atoms with van der Waals surface area (Å²) in [6.45, 7) is 5.61. The fourth-order valence-electron chi connectivity index (χ4n) is 1.34. The Hall–Kier alpha value is -0.290. The van der Waals surface area contributed by atoms with E-state index in [1.807, 2.05) is 18.2 Å². The van der Waals surface area contributed by atoms with Gasteiger partial charge in [-0.05, 0) is 40.0 Å². The van der Waals surface area contributed by atoms with Gasteiger partial charge in [0, 0.05) is 23.3 Å². The molecule has 0 spiro atoms. The van der Waals surface area contributed by atoms with Crippen molar-refractivity contribution in [2.45, 2.75) is 20.0 Å². The lowest BCUT2D eigenvalue weighted by Gasteiger charge is -2.14. The highest BCUT2D eigenvalue weighted by atomic mass is 79.9. The Labute approximate surface area is 122 Å². The second-order valence-electron chi connectivity index (χ2n) is 4.59. The number of aliphatic hydroxyl groups excluding tert-OH is 1. The van der Waals surface area contributed by atoms with Crippen molar-refractivity contribution in [2.75, 3.05) is 25.1 Å². The number of aliphatic hydroxyl groups is 1. The fourth-order valence-corrected chi connectivity index (χ4v) is 1.77. The summed E-state index contributed by atoms with van der Waals surface area (Å²) in [5, 5.41) is 13.5. The average molecular weight is 337 g/mol. The maximum absolute atomic E-state index is 9.72. The van der Waals surface area contributed by atoms with Gasteiger partial charge in [0.25, 0.3) is 0 Å². The zero-order valence-electron chi connectivity index (χ0n) is 10.6. The van der Waals surface area contributed by atoms with E-state index in [0.29, 0.717) is 30.7 Å². The molecule has 0 aliphatic rings. The van der Waals surface area contributed by atoms with Gasteiger partial charge in [-0.1, -0.05) is 25.4 Å². The lowest BCUT2D eigenvalue weighted by atomic mass is 10.2. The van der Waals surface area contributed by atoms with E-state index in [4.69, 9.17) is 16.3 Å². The first-order valence-electron chi connectivity index (χ1n) is 5.93. The molecule has 0 aromatic heterocycles. The summed E-state index contributed by atoms with van der Waals surface area (Å²) >= 11 is 9.30. The molecule has 1 aromatic rings. The van der Waals surface area contributed by atoms with Crippen LogP contribution in [0.15, 0.2) is 22.7 Å². The van der Waals surface area contributed by atoms with E-state index in [1.165, 1.54) is 0 Å². The Bertz CT molecular complexity index is 374. The topological polar surface area (TPSA) is 41.5 Å². The van der Waals surface area contributed by atoms with Crippen LogP contribution in [0.4, 0.5) is 5.69 Å². The zero-order valence-corrected chi connectivity index (χ0v) is 13.0. The van der Waals surface area contributed by atoms with Gasteiger partial charge in [-0.3, -0.25) is 0 Å². The van der Waals surface area contributed by atoms with Crippen LogP contribution in [0.3, 0.4) is 0 Å². The Morgan fingerprint density at radius 1 is 1.39 bits per heavy atom. The molecule has 2 N–H and O–H groups in total. The van der Waals surface area contributed by atoms with Crippen LogP contribution in [0.2, 0.25) is 5.02 Å². The number of benzene rings is 1. The number of ether oxygens (including phenoxy) is 1. The van der Waals surface area contributed by atoms with Crippen LogP contribution in [0.5, 0.6) is 0 Å². The second-order valence-corrected chi connectivity index (χ2v) is 5.86. The quantitative estimate of drug-likeness (QED) is 0.800. The summed E-state index contributed by atoms with van der Waals surface area (Å²) in [6, 6.07) is 5.58. The largest absolute Gasteiger partial charge is 0.389 e. The molecular weight excluding hydrogens is 318 g/mol. The maximum atomic E-state index is 9.72. The maximum Gasteiger partial charge on any atom is 0.0945 e. The van der Waals surface area contributed by atoms with Gasteiger partial charge >= 0.3 is 0 Å². The van der Waals surface area contributed by atoms with Crippen LogP contribution in [-0.4, -0.2) is 31.0 Å². The van der Waals surface area contributed by atoms with Crippen LogP contribution < -0.4 is 5.32 Å². The lowest BCUT2D eigenvalue weighted by molar-refractivity contribution is 0.0318. The van der Waals surface area contributed by atoms with E-state index in [9.17, 15) is 5.11 Å². The van der Waals surface area contributed by atoms with Crippen LogP contribution >= 0.6 is 27.5 Å². The summed E-state index contributed by atoms with van der Waals surface area (Å²) in [7, 11) is 0. The Morgan fingerprint density at radius 2 is 2.11 bits per heavy atom. The van der Waals surface area contributed by atoms with Crippen molar-refractivity contribution in [1.82, 2.24) is 0 Å². The highest BCUT2D eigenvalue weighted by molar-refractivity contribution is 9.10. The third kappa shape index (κ3) is 6.05. The van der Waals surface area contributed by atoms with E-state index < -0.39 is 6.10 Å². The molecule has 1 unspecified atom stereocenters. The van der Waals surface area contributed by atoms with Gasteiger partial charge in [0.1, 0.15) is 0 Å². The number of nitrogens with one attached hydrogen (secondary N) is 1. The second kappa shape index (κ2) is 8.00. The van der Waals surface area contributed by atoms with Crippen molar-refractivity contribution in [2.24, 2.45) is 5.92 Å². The molecule has 1 atom stereocenters. The number of anilines is 1. The minimum Gasteiger partial charge on any atom is -0.389 e. The first-order chi connectivity index (χ1) is 8.49. The van der Waals surface area contributed by atoms with Crippen LogP contribution in [0, 0.1) is 5.92 Å². The van der Waals surface area contributed by atoms with Crippen LogP contribution in [-0.2, 0) is 4.74 Å². The van der Waals surface area contributed by atoms with Crippen LogP contribution in [0.25, 0.3) is 0 Å². The first kappa shape index (κ1) is 15.8. The molecule has 0 saturated carbocycles. The van der Waals surface area contributed by atoms with Gasteiger partial charge in [0.2, 0.25) is 0 Å². The van der Waals surface area contributed by atoms with Crippen molar-refractivity contribution < 1.29 is 9.84 Å². The van der Waals surface area contributed by atoms with Crippen LogP contribution in [0.1, 0.15) is 13.8 Å². The molecule has 1 rings (SSSR count). The van der Waals surface area contributed by atoms with Crippen molar-refractivity contribution >= 4 is 33.2 Å². The van der Waals surface area contributed by atoms with Gasteiger partial charge in [0.15, 0.2) is 0 Å². The third-order valence-corrected chi connectivity index (χ3v) is 3.46. The SMILES string of the molecule is CC(C)COCC(O)CNc1ccc(Br)c(Cl)c1. The smallest absolute Gasteiger partial charge is 0.0945 e. The first-order valence-corrected chi connectivity index (χ1v) is 7.11. The van der Waals surface area contributed by atoms with Crippen molar-refractivity contribution in [3.63, 3.8) is 0 Å². The molecule has 1 aromatic carbocycles. The Balaban J connectivity index is 2.29.